The first-order valence-electron chi connectivity index (χ1n) is 20.3. The number of allylic oxidation sites excluding steroid dienone is 2. The molecule has 0 aliphatic rings. The minimum Gasteiger partial charge on any atom is -0.0885 e. The molecular weight excluding hydrogens is 504 g/mol. The van der Waals surface area contributed by atoms with Crippen molar-refractivity contribution in [3.8, 4) is 0 Å². The van der Waals surface area contributed by atoms with E-state index in [1.165, 1.54) is 218 Å². The van der Waals surface area contributed by atoms with Gasteiger partial charge in [0.2, 0.25) is 0 Å². The molecule has 0 saturated carbocycles. The monoisotopic (exact) mass is 589 g/mol. The van der Waals surface area contributed by atoms with E-state index in [9.17, 15) is 0 Å². The fourth-order valence-corrected chi connectivity index (χ4v) is 6.57. The van der Waals surface area contributed by atoms with Gasteiger partial charge < -0.3 is 0 Å². The zero-order chi connectivity index (χ0) is 30.6. The van der Waals surface area contributed by atoms with Crippen molar-refractivity contribution >= 4 is 0 Å². The lowest BCUT2D eigenvalue weighted by atomic mass is 9.97. The Bertz CT molecular complexity index is 488. The lowest BCUT2D eigenvalue weighted by Crippen LogP contribution is -1.94. The van der Waals surface area contributed by atoms with Crippen LogP contribution in [-0.2, 0) is 0 Å². The molecule has 0 bridgehead atoms. The Balaban J connectivity index is 3.13. The van der Waals surface area contributed by atoms with Gasteiger partial charge in [-0.3, -0.25) is 0 Å². The van der Waals surface area contributed by atoms with E-state index >= 15 is 0 Å². The molecule has 0 nitrogen and oxygen atoms in total. The molecular formula is C42H84. The molecule has 0 saturated heterocycles. The molecule has 0 heteroatoms. The standard InChI is InChI=1S/C42H84/c1-5-6-7-8-9-10-11-12-13-14-15-16-17-18-19-20-21-22-23-24-25-26-27-28-29-30-33-36-39-42(4)40-37-34-31-32-35-38-41(2)3/h31,34,41-42H,5-30,32-33,35-40H2,1-4H3. The second-order valence-electron chi connectivity index (χ2n) is 14.8. The van der Waals surface area contributed by atoms with E-state index in [1.54, 1.807) is 0 Å². The summed E-state index contributed by atoms with van der Waals surface area (Å²) < 4.78 is 0. The number of rotatable bonds is 36. The molecule has 1 atom stereocenters. The maximum absolute atomic E-state index is 2.47. The largest absolute Gasteiger partial charge is 0.0885 e. The van der Waals surface area contributed by atoms with Crippen LogP contribution in [0.15, 0.2) is 12.2 Å². The molecule has 0 N–H and O–H groups in total. The summed E-state index contributed by atoms with van der Waals surface area (Å²) >= 11 is 0. The third kappa shape index (κ3) is 37.8. The molecule has 0 heterocycles. The first-order valence-corrected chi connectivity index (χ1v) is 20.3. The Morgan fingerprint density at radius 1 is 0.310 bits per heavy atom. The van der Waals surface area contributed by atoms with Gasteiger partial charge in [-0.2, -0.15) is 0 Å². The van der Waals surface area contributed by atoms with Gasteiger partial charge in [0.25, 0.3) is 0 Å². The normalized spacial score (nSPS) is 12.7. The zero-order valence-corrected chi connectivity index (χ0v) is 30.4. The highest BCUT2D eigenvalue weighted by Crippen LogP contribution is 2.19. The number of hydrogen-bond acceptors (Lipinski definition) is 0. The van der Waals surface area contributed by atoms with E-state index in [4.69, 9.17) is 0 Å². The lowest BCUT2D eigenvalue weighted by molar-refractivity contribution is 0.456. The Morgan fingerprint density at radius 2 is 0.619 bits per heavy atom. The second-order valence-corrected chi connectivity index (χ2v) is 14.8. The fraction of sp³-hybridized carbons (Fsp3) is 0.952. The van der Waals surface area contributed by atoms with Gasteiger partial charge in [0.05, 0.1) is 0 Å². The maximum atomic E-state index is 2.47. The minimum atomic E-state index is 0.858. The van der Waals surface area contributed by atoms with Gasteiger partial charge in [-0.25, -0.2) is 0 Å². The maximum Gasteiger partial charge on any atom is -0.0348 e. The molecule has 0 fully saturated rings. The summed E-state index contributed by atoms with van der Waals surface area (Å²) in [5.41, 5.74) is 0. The minimum absolute atomic E-state index is 0.858. The van der Waals surface area contributed by atoms with Crippen molar-refractivity contribution in [3.63, 3.8) is 0 Å². The summed E-state index contributed by atoms with van der Waals surface area (Å²) in [4.78, 5) is 0. The van der Waals surface area contributed by atoms with E-state index in [0.717, 1.165) is 11.8 Å². The highest BCUT2D eigenvalue weighted by atomic mass is 14.1. The smallest absolute Gasteiger partial charge is 0.0348 e. The van der Waals surface area contributed by atoms with Crippen molar-refractivity contribution in [1.29, 1.82) is 0 Å². The van der Waals surface area contributed by atoms with Crippen molar-refractivity contribution in [2.75, 3.05) is 0 Å². The third-order valence-electron chi connectivity index (χ3n) is 9.70. The zero-order valence-electron chi connectivity index (χ0n) is 30.4. The molecule has 1 unspecified atom stereocenters. The Hall–Kier alpha value is -0.260. The van der Waals surface area contributed by atoms with Crippen LogP contribution in [0, 0.1) is 11.8 Å². The summed E-state index contributed by atoms with van der Waals surface area (Å²) in [6, 6.07) is 0. The summed E-state index contributed by atoms with van der Waals surface area (Å²) in [6.07, 6.45) is 54.5. The Kier molecular flexibility index (Phi) is 36.7. The average Bonchev–Trinajstić information content (AvgIpc) is 2.98. The Morgan fingerprint density at radius 3 is 0.952 bits per heavy atom. The van der Waals surface area contributed by atoms with Gasteiger partial charge >= 0.3 is 0 Å². The highest BCUT2D eigenvalue weighted by Gasteiger charge is 2.01. The van der Waals surface area contributed by atoms with Gasteiger partial charge in [-0.15, -0.1) is 0 Å². The predicted molar refractivity (Wildman–Crippen MR) is 196 cm³/mol. The molecule has 0 aromatic carbocycles. The summed E-state index contributed by atoms with van der Waals surface area (Å²) in [6.45, 7) is 9.43. The van der Waals surface area contributed by atoms with Crippen LogP contribution >= 0.6 is 0 Å². The molecule has 0 spiro atoms. The van der Waals surface area contributed by atoms with E-state index in [0.29, 0.717) is 0 Å². The van der Waals surface area contributed by atoms with E-state index < -0.39 is 0 Å². The topological polar surface area (TPSA) is 0 Å². The van der Waals surface area contributed by atoms with Crippen molar-refractivity contribution in [2.24, 2.45) is 11.8 Å². The van der Waals surface area contributed by atoms with Crippen molar-refractivity contribution in [2.45, 2.75) is 246 Å². The van der Waals surface area contributed by atoms with Crippen LogP contribution in [-0.4, -0.2) is 0 Å². The third-order valence-corrected chi connectivity index (χ3v) is 9.70. The lowest BCUT2D eigenvalue weighted by Gasteiger charge is -2.09. The molecule has 0 aliphatic heterocycles. The van der Waals surface area contributed by atoms with Crippen LogP contribution in [0.5, 0.6) is 0 Å². The molecule has 42 heavy (non-hydrogen) atoms. The van der Waals surface area contributed by atoms with Gasteiger partial charge in [0.1, 0.15) is 0 Å². The van der Waals surface area contributed by atoms with Gasteiger partial charge in [0, 0.05) is 0 Å². The van der Waals surface area contributed by atoms with Crippen LogP contribution in [0.3, 0.4) is 0 Å². The molecule has 0 aromatic heterocycles. The SMILES string of the molecule is CCCCCCCCCCCCCCCCCCCCCCCCCCCCCCC(C)CCC=CCCCC(C)C. The van der Waals surface area contributed by atoms with Crippen molar-refractivity contribution in [3.05, 3.63) is 12.2 Å². The molecule has 0 rings (SSSR count). The average molecular weight is 589 g/mol. The van der Waals surface area contributed by atoms with Gasteiger partial charge in [0.15, 0.2) is 0 Å². The quantitative estimate of drug-likeness (QED) is 0.0504. The predicted octanol–water partition coefficient (Wildman–Crippen LogP) is 16.1. The molecule has 0 aliphatic carbocycles. The van der Waals surface area contributed by atoms with Crippen molar-refractivity contribution in [1.82, 2.24) is 0 Å². The van der Waals surface area contributed by atoms with Crippen LogP contribution in [0.1, 0.15) is 246 Å². The van der Waals surface area contributed by atoms with Gasteiger partial charge in [-0.05, 0) is 37.5 Å². The number of hydrogen-bond donors (Lipinski definition) is 0. The van der Waals surface area contributed by atoms with Crippen LogP contribution in [0.2, 0.25) is 0 Å². The highest BCUT2D eigenvalue weighted by molar-refractivity contribution is 4.82. The molecule has 0 aromatic rings. The first-order chi connectivity index (χ1) is 20.7. The summed E-state index contributed by atoms with van der Waals surface area (Å²) in [5.74, 6) is 1.77. The van der Waals surface area contributed by atoms with E-state index in [1.807, 2.05) is 0 Å². The van der Waals surface area contributed by atoms with Crippen LogP contribution < -0.4 is 0 Å². The van der Waals surface area contributed by atoms with E-state index in [2.05, 4.69) is 39.8 Å². The fourth-order valence-electron chi connectivity index (χ4n) is 6.57. The van der Waals surface area contributed by atoms with Crippen LogP contribution in [0.4, 0.5) is 0 Å². The van der Waals surface area contributed by atoms with Gasteiger partial charge in [-0.1, -0.05) is 232 Å². The second kappa shape index (κ2) is 36.9. The van der Waals surface area contributed by atoms with Crippen molar-refractivity contribution < 1.29 is 0 Å². The molecule has 0 amide bonds. The summed E-state index contributed by atoms with van der Waals surface area (Å²) in [7, 11) is 0. The first kappa shape index (κ1) is 41.7. The number of unbranched alkanes of at least 4 members (excludes halogenated alkanes) is 28. The molecule has 0 radical (unpaired) electrons. The van der Waals surface area contributed by atoms with E-state index in [-0.39, 0.29) is 0 Å². The van der Waals surface area contributed by atoms with Crippen LogP contribution in [0.25, 0.3) is 0 Å². The molecule has 252 valence electrons. The summed E-state index contributed by atoms with van der Waals surface area (Å²) in [5, 5.41) is 0. The Labute approximate surface area is 269 Å².